The molecule has 0 saturated heterocycles. The number of aromatic nitrogens is 1. The molecule has 132 valence electrons. The maximum Gasteiger partial charge on any atom is 0.328 e. The molecule has 25 heavy (non-hydrogen) atoms. The summed E-state index contributed by atoms with van der Waals surface area (Å²) in [4.78, 5) is 12.4. The lowest BCUT2D eigenvalue weighted by atomic mass is 9.97. The van der Waals surface area contributed by atoms with E-state index in [0.717, 1.165) is 42.0 Å². The lowest BCUT2D eigenvalue weighted by Crippen LogP contribution is -2.22. The molecule has 0 N–H and O–H groups in total. The molecule has 0 amide bonds. The zero-order valence-corrected chi connectivity index (χ0v) is 14.7. The van der Waals surface area contributed by atoms with Gasteiger partial charge in [-0.05, 0) is 69.4 Å². The van der Waals surface area contributed by atoms with Gasteiger partial charge in [-0.15, -0.1) is 0 Å². The molecule has 5 nitrogen and oxygen atoms in total. The number of carbonyl (C=O) groups excluding carboxylic acids is 1. The van der Waals surface area contributed by atoms with Crippen LogP contribution in [-0.2, 0) is 22.4 Å². The molecule has 5 heteroatoms. The van der Waals surface area contributed by atoms with E-state index in [-0.39, 0.29) is 18.8 Å². The fraction of sp³-hybridized carbons (Fsp3) is 0.450. The van der Waals surface area contributed by atoms with Crippen molar-refractivity contribution < 1.29 is 19.0 Å². The summed E-state index contributed by atoms with van der Waals surface area (Å²) >= 11 is 0. The second kappa shape index (κ2) is 6.47. The topological polar surface area (TPSA) is 49.7 Å². The monoisotopic (exact) mass is 341 g/mol. The third-order valence-corrected chi connectivity index (χ3v) is 5.02. The van der Waals surface area contributed by atoms with Gasteiger partial charge in [-0.2, -0.15) is 0 Å². The fourth-order valence-electron chi connectivity index (χ4n) is 3.81. The third kappa shape index (κ3) is 2.77. The van der Waals surface area contributed by atoms with E-state index < -0.39 is 0 Å². The largest absolute Gasteiger partial charge is 0.464 e. The first-order valence-corrected chi connectivity index (χ1v) is 8.98. The van der Waals surface area contributed by atoms with E-state index in [9.17, 15) is 4.79 Å². The molecule has 4 rings (SSSR count). The maximum absolute atomic E-state index is 12.4. The van der Waals surface area contributed by atoms with Gasteiger partial charge in [0.15, 0.2) is 11.5 Å². The van der Waals surface area contributed by atoms with Crippen molar-refractivity contribution >= 4 is 5.97 Å². The van der Waals surface area contributed by atoms with Crippen LogP contribution in [0.4, 0.5) is 0 Å². The summed E-state index contributed by atoms with van der Waals surface area (Å²) in [5.41, 5.74) is 4.69. The average molecular weight is 341 g/mol. The van der Waals surface area contributed by atoms with Crippen molar-refractivity contribution in [2.24, 2.45) is 0 Å². The van der Waals surface area contributed by atoms with Gasteiger partial charge in [0.05, 0.1) is 6.61 Å². The van der Waals surface area contributed by atoms with Crippen LogP contribution < -0.4 is 9.47 Å². The Bertz CT molecular complexity index is 808. The molecule has 1 aliphatic carbocycles. The van der Waals surface area contributed by atoms with Crippen LogP contribution in [0.3, 0.4) is 0 Å². The van der Waals surface area contributed by atoms with Crippen molar-refractivity contribution in [3.05, 3.63) is 35.5 Å². The number of rotatable bonds is 4. The molecule has 1 aromatic carbocycles. The molecule has 0 saturated carbocycles. The minimum atomic E-state index is -0.345. The van der Waals surface area contributed by atoms with Crippen LogP contribution in [0, 0.1) is 0 Å². The van der Waals surface area contributed by atoms with Crippen molar-refractivity contribution in [2.75, 3.05) is 13.4 Å². The number of carbonyl (C=O) groups is 1. The molecular formula is C20H23NO4. The Morgan fingerprint density at radius 1 is 1.20 bits per heavy atom. The van der Waals surface area contributed by atoms with Gasteiger partial charge in [0.25, 0.3) is 0 Å². The number of aryl methyl sites for hydroxylation is 1. The molecule has 0 spiro atoms. The molecule has 0 fully saturated rings. The highest BCUT2D eigenvalue weighted by Crippen LogP contribution is 2.39. The molecule has 1 aliphatic heterocycles. The quantitative estimate of drug-likeness (QED) is 0.792. The average Bonchev–Trinajstić information content (AvgIpc) is 3.24. The molecule has 0 radical (unpaired) electrons. The number of fused-ring (bicyclic) bond motifs is 2. The Morgan fingerprint density at radius 2 is 2.00 bits per heavy atom. The van der Waals surface area contributed by atoms with E-state index >= 15 is 0 Å². The molecule has 2 heterocycles. The number of esters is 1. The minimum absolute atomic E-state index is 0.187. The molecule has 1 unspecified atom stereocenters. The first-order chi connectivity index (χ1) is 12.2. The Hall–Kier alpha value is -2.43. The standard InChI is InChI=1S/C20H23NO4/c1-3-23-20(22)13(2)21-16-7-5-4-6-14(16)10-17(21)15-8-9-18-19(11-15)25-12-24-18/h8-11,13H,3-7,12H2,1-2H3. The highest BCUT2D eigenvalue weighted by Gasteiger charge is 2.27. The van der Waals surface area contributed by atoms with Crippen LogP contribution in [0.15, 0.2) is 24.3 Å². The second-order valence-electron chi connectivity index (χ2n) is 6.57. The van der Waals surface area contributed by atoms with Crippen molar-refractivity contribution in [1.29, 1.82) is 0 Å². The summed E-state index contributed by atoms with van der Waals surface area (Å²) in [5.74, 6) is 1.34. The van der Waals surface area contributed by atoms with E-state index in [1.54, 1.807) is 0 Å². The van der Waals surface area contributed by atoms with Gasteiger partial charge in [-0.1, -0.05) is 0 Å². The zero-order chi connectivity index (χ0) is 17.4. The van der Waals surface area contributed by atoms with Crippen LogP contribution in [0.1, 0.15) is 44.0 Å². The summed E-state index contributed by atoms with van der Waals surface area (Å²) in [5, 5.41) is 0. The van der Waals surface area contributed by atoms with Crippen LogP contribution in [0.5, 0.6) is 11.5 Å². The summed E-state index contributed by atoms with van der Waals surface area (Å²) in [6.45, 7) is 4.42. The SMILES string of the molecule is CCOC(=O)C(C)n1c(-c2ccc3c(c2)OCO3)cc2c1CCCC2. The summed E-state index contributed by atoms with van der Waals surface area (Å²) in [6, 6.07) is 7.84. The van der Waals surface area contributed by atoms with Crippen molar-refractivity contribution in [2.45, 2.75) is 45.6 Å². The van der Waals surface area contributed by atoms with Crippen LogP contribution in [0.2, 0.25) is 0 Å². The fourth-order valence-corrected chi connectivity index (χ4v) is 3.81. The predicted octanol–water partition coefficient (Wildman–Crippen LogP) is 3.89. The summed E-state index contributed by atoms with van der Waals surface area (Å²) in [7, 11) is 0. The highest BCUT2D eigenvalue weighted by molar-refractivity contribution is 5.77. The van der Waals surface area contributed by atoms with E-state index in [4.69, 9.17) is 14.2 Å². The van der Waals surface area contributed by atoms with Gasteiger partial charge in [-0.25, -0.2) is 4.79 Å². The van der Waals surface area contributed by atoms with Gasteiger partial charge >= 0.3 is 5.97 Å². The molecule has 0 bridgehead atoms. The number of ether oxygens (including phenoxy) is 3. The van der Waals surface area contributed by atoms with Crippen molar-refractivity contribution in [1.82, 2.24) is 4.57 Å². The minimum Gasteiger partial charge on any atom is -0.464 e. The van der Waals surface area contributed by atoms with E-state index in [0.29, 0.717) is 6.61 Å². The zero-order valence-electron chi connectivity index (χ0n) is 14.7. The van der Waals surface area contributed by atoms with Crippen LogP contribution in [0.25, 0.3) is 11.3 Å². The van der Waals surface area contributed by atoms with Gasteiger partial charge in [0.1, 0.15) is 6.04 Å². The number of hydrogen-bond acceptors (Lipinski definition) is 4. The highest BCUT2D eigenvalue weighted by atomic mass is 16.7. The van der Waals surface area contributed by atoms with Crippen LogP contribution in [-0.4, -0.2) is 23.9 Å². The lowest BCUT2D eigenvalue weighted by molar-refractivity contribution is -0.146. The summed E-state index contributed by atoms with van der Waals surface area (Å²) < 4.78 is 18.4. The lowest BCUT2D eigenvalue weighted by Gasteiger charge is -2.22. The third-order valence-electron chi connectivity index (χ3n) is 5.02. The Kier molecular flexibility index (Phi) is 4.15. The van der Waals surface area contributed by atoms with E-state index in [1.807, 2.05) is 32.0 Å². The summed E-state index contributed by atoms with van der Waals surface area (Å²) in [6.07, 6.45) is 4.43. The Morgan fingerprint density at radius 3 is 2.84 bits per heavy atom. The Labute approximate surface area is 147 Å². The van der Waals surface area contributed by atoms with Gasteiger partial charge in [0.2, 0.25) is 6.79 Å². The number of hydrogen-bond donors (Lipinski definition) is 0. The Balaban J connectivity index is 1.81. The number of nitrogens with zero attached hydrogens (tertiary/aromatic N) is 1. The first kappa shape index (κ1) is 16.1. The maximum atomic E-state index is 12.4. The smallest absolute Gasteiger partial charge is 0.328 e. The second-order valence-corrected chi connectivity index (χ2v) is 6.57. The molecular weight excluding hydrogens is 318 g/mol. The van der Waals surface area contributed by atoms with Gasteiger partial charge in [-0.3, -0.25) is 0 Å². The molecule has 1 aromatic heterocycles. The molecule has 2 aliphatic rings. The van der Waals surface area contributed by atoms with E-state index in [2.05, 4.69) is 10.6 Å². The van der Waals surface area contributed by atoms with Crippen molar-refractivity contribution in [3.63, 3.8) is 0 Å². The van der Waals surface area contributed by atoms with E-state index in [1.165, 1.54) is 17.7 Å². The van der Waals surface area contributed by atoms with Crippen molar-refractivity contribution in [3.8, 4) is 22.8 Å². The molecule has 1 atom stereocenters. The van der Waals surface area contributed by atoms with Gasteiger partial charge in [0, 0.05) is 17.0 Å². The number of benzene rings is 1. The van der Waals surface area contributed by atoms with Crippen LogP contribution >= 0.6 is 0 Å². The molecule has 2 aromatic rings. The first-order valence-electron chi connectivity index (χ1n) is 8.98. The van der Waals surface area contributed by atoms with Gasteiger partial charge < -0.3 is 18.8 Å². The predicted molar refractivity (Wildman–Crippen MR) is 94.0 cm³/mol. The normalized spacial score (nSPS) is 16.4.